The highest BCUT2D eigenvalue weighted by Gasteiger charge is 2.17. The van der Waals surface area contributed by atoms with Gasteiger partial charge in [-0.3, -0.25) is 0 Å². The average molecular weight is 262 g/mol. The van der Waals surface area contributed by atoms with Crippen molar-refractivity contribution in [3.05, 3.63) is 40.1 Å². The van der Waals surface area contributed by atoms with E-state index in [0.29, 0.717) is 4.88 Å². The average Bonchev–Trinajstić information content (AvgIpc) is 2.80. The Balaban J connectivity index is 2.48. The Morgan fingerprint density at radius 1 is 1.17 bits per heavy atom. The molecule has 18 heavy (non-hydrogen) atoms. The van der Waals surface area contributed by atoms with Crippen molar-refractivity contribution in [3.8, 4) is 16.9 Å². The second-order valence-corrected chi connectivity index (χ2v) is 4.72. The van der Waals surface area contributed by atoms with Crippen LogP contribution in [0.1, 0.15) is 15.2 Å². The first-order valence-corrected chi connectivity index (χ1v) is 6.36. The molecule has 0 aliphatic carbocycles. The molecule has 0 unspecified atom stereocenters. The minimum absolute atomic E-state index is 0.293. The molecule has 0 saturated heterocycles. The van der Waals surface area contributed by atoms with E-state index in [2.05, 4.69) is 0 Å². The quantitative estimate of drug-likeness (QED) is 0.794. The summed E-state index contributed by atoms with van der Waals surface area (Å²) in [5.74, 6) is 0.505. The third kappa shape index (κ3) is 2.24. The molecule has 0 fully saturated rings. The van der Waals surface area contributed by atoms with E-state index in [9.17, 15) is 4.79 Å². The number of methoxy groups -OCH3 is 2. The van der Waals surface area contributed by atoms with Gasteiger partial charge in [0.1, 0.15) is 10.6 Å². The normalized spacial score (nSPS) is 10.2. The molecule has 0 saturated carbocycles. The molecule has 4 heteroatoms. The van der Waals surface area contributed by atoms with Crippen molar-refractivity contribution in [2.45, 2.75) is 6.92 Å². The molecule has 3 nitrogen and oxygen atoms in total. The number of hydrogen-bond donors (Lipinski definition) is 0. The highest BCUT2D eigenvalue weighted by atomic mass is 32.1. The van der Waals surface area contributed by atoms with Crippen molar-refractivity contribution in [1.82, 2.24) is 0 Å². The molecule has 2 rings (SSSR count). The predicted molar refractivity (Wildman–Crippen MR) is 72.4 cm³/mol. The van der Waals surface area contributed by atoms with Crippen LogP contribution in [0, 0.1) is 6.92 Å². The molecule has 0 radical (unpaired) electrons. The third-order valence-corrected chi connectivity index (χ3v) is 3.80. The lowest BCUT2D eigenvalue weighted by atomic mass is 10.0. The van der Waals surface area contributed by atoms with Gasteiger partial charge in [0.15, 0.2) is 0 Å². The van der Waals surface area contributed by atoms with Crippen LogP contribution in [0.2, 0.25) is 0 Å². The number of thiophene rings is 1. The lowest BCUT2D eigenvalue weighted by Crippen LogP contribution is -2.00. The fourth-order valence-corrected chi connectivity index (χ4v) is 2.79. The molecule has 0 aliphatic rings. The van der Waals surface area contributed by atoms with E-state index >= 15 is 0 Å². The number of carbonyl (C=O) groups excluding carboxylic acids is 1. The Morgan fingerprint density at radius 2 is 1.83 bits per heavy atom. The summed E-state index contributed by atoms with van der Waals surface area (Å²) in [5, 5.41) is 1.96. The summed E-state index contributed by atoms with van der Waals surface area (Å²) >= 11 is 1.41. The van der Waals surface area contributed by atoms with E-state index < -0.39 is 0 Å². The SMILES string of the molecule is COC(=O)c1scc(C)c1-c1ccc(OC)cc1. The Hall–Kier alpha value is -1.81. The molecule has 0 atom stereocenters. The highest BCUT2D eigenvalue weighted by molar-refractivity contribution is 7.12. The number of carbonyl (C=O) groups is 1. The number of aryl methyl sites for hydroxylation is 1. The molecule has 0 aliphatic heterocycles. The van der Waals surface area contributed by atoms with Crippen LogP contribution in [0.25, 0.3) is 11.1 Å². The van der Waals surface area contributed by atoms with Crippen LogP contribution in [-0.2, 0) is 4.74 Å². The molecule has 1 aromatic heterocycles. The van der Waals surface area contributed by atoms with E-state index in [1.807, 2.05) is 36.6 Å². The molecule has 0 N–H and O–H groups in total. The van der Waals surface area contributed by atoms with Crippen molar-refractivity contribution in [2.24, 2.45) is 0 Å². The number of benzene rings is 1. The summed E-state index contributed by atoms with van der Waals surface area (Å²) in [6.45, 7) is 1.99. The first-order valence-electron chi connectivity index (χ1n) is 5.48. The first-order chi connectivity index (χ1) is 8.67. The zero-order valence-corrected chi connectivity index (χ0v) is 11.3. The number of hydrogen-bond acceptors (Lipinski definition) is 4. The molecule has 1 heterocycles. The van der Waals surface area contributed by atoms with Gasteiger partial charge in [0.25, 0.3) is 0 Å². The van der Waals surface area contributed by atoms with Crippen molar-refractivity contribution in [1.29, 1.82) is 0 Å². The highest BCUT2D eigenvalue weighted by Crippen LogP contribution is 2.33. The van der Waals surface area contributed by atoms with E-state index in [1.165, 1.54) is 18.4 Å². The minimum Gasteiger partial charge on any atom is -0.497 e. The summed E-state index contributed by atoms with van der Waals surface area (Å²) < 4.78 is 9.93. The maximum Gasteiger partial charge on any atom is 0.348 e. The van der Waals surface area contributed by atoms with Crippen molar-refractivity contribution in [3.63, 3.8) is 0 Å². The first kappa shape index (κ1) is 12.6. The van der Waals surface area contributed by atoms with Crippen LogP contribution in [-0.4, -0.2) is 20.2 Å². The number of rotatable bonds is 3. The summed E-state index contributed by atoms with van der Waals surface area (Å²) in [6.07, 6.45) is 0. The summed E-state index contributed by atoms with van der Waals surface area (Å²) in [4.78, 5) is 12.3. The fraction of sp³-hybridized carbons (Fsp3) is 0.214. The lowest BCUT2D eigenvalue weighted by molar-refractivity contribution is 0.0607. The zero-order chi connectivity index (χ0) is 13.1. The van der Waals surface area contributed by atoms with Gasteiger partial charge in [-0.2, -0.15) is 0 Å². The van der Waals surface area contributed by atoms with Gasteiger partial charge in [-0.25, -0.2) is 4.79 Å². The molecule has 0 bridgehead atoms. The van der Waals surface area contributed by atoms with Gasteiger partial charge >= 0.3 is 5.97 Å². The summed E-state index contributed by atoms with van der Waals surface area (Å²) in [6, 6.07) is 7.65. The molecular formula is C14H14O3S. The lowest BCUT2D eigenvalue weighted by Gasteiger charge is -2.06. The second kappa shape index (κ2) is 5.23. The maximum atomic E-state index is 11.7. The van der Waals surface area contributed by atoms with Crippen molar-refractivity contribution >= 4 is 17.3 Å². The van der Waals surface area contributed by atoms with Gasteiger partial charge in [-0.15, -0.1) is 11.3 Å². The fourth-order valence-electron chi connectivity index (χ4n) is 1.80. The molecule has 1 aromatic carbocycles. The van der Waals surface area contributed by atoms with Crippen LogP contribution in [0.4, 0.5) is 0 Å². The van der Waals surface area contributed by atoms with Crippen LogP contribution < -0.4 is 4.74 Å². The predicted octanol–water partition coefficient (Wildman–Crippen LogP) is 3.52. The van der Waals surface area contributed by atoms with E-state index in [0.717, 1.165) is 22.4 Å². The monoisotopic (exact) mass is 262 g/mol. The van der Waals surface area contributed by atoms with E-state index in [4.69, 9.17) is 9.47 Å². The third-order valence-electron chi connectivity index (χ3n) is 2.72. The summed E-state index contributed by atoms with van der Waals surface area (Å²) in [7, 11) is 3.03. The number of ether oxygens (including phenoxy) is 2. The van der Waals surface area contributed by atoms with Crippen molar-refractivity contribution in [2.75, 3.05) is 14.2 Å². The van der Waals surface area contributed by atoms with Crippen LogP contribution in [0.15, 0.2) is 29.6 Å². The standard InChI is InChI=1S/C14H14O3S/c1-9-8-18-13(14(15)17-3)12(9)10-4-6-11(16-2)7-5-10/h4-8H,1-3H3. The van der Waals surface area contributed by atoms with Gasteiger partial charge in [0.05, 0.1) is 14.2 Å². The van der Waals surface area contributed by atoms with E-state index in [1.54, 1.807) is 7.11 Å². The molecule has 0 spiro atoms. The van der Waals surface area contributed by atoms with E-state index in [-0.39, 0.29) is 5.97 Å². The van der Waals surface area contributed by atoms with Crippen LogP contribution in [0.5, 0.6) is 5.75 Å². The smallest absolute Gasteiger partial charge is 0.348 e. The largest absolute Gasteiger partial charge is 0.497 e. The van der Waals surface area contributed by atoms with Crippen LogP contribution in [0.3, 0.4) is 0 Å². The van der Waals surface area contributed by atoms with Gasteiger partial charge in [0, 0.05) is 5.56 Å². The Labute approximate surface area is 110 Å². The zero-order valence-electron chi connectivity index (χ0n) is 10.5. The second-order valence-electron chi connectivity index (χ2n) is 3.84. The van der Waals surface area contributed by atoms with Gasteiger partial charge in [-0.1, -0.05) is 12.1 Å². The molecule has 0 amide bonds. The Kier molecular flexibility index (Phi) is 3.67. The Morgan fingerprint density at radius 3 is 2.39 bits per heavy atom. The minimum atomic E-state index is -0.293. The Bertz CT molecular complexity index is 555. The van der Waals surface area contributed by atoms with Crippen LogP contribution >= 0.6 is 11.3 Å². The van der Waals surface area contributed by atoms with Crippen molar-refractivity contribution < 1.29 is 14.3 Å². The molecular weight excluding hydrogens is 248 g/mol. The van der Waals surface area contributed by atoms with Gasteiger partial charge in [-0.05, 0) is 35.6 Å². The van der Waals surface area contributed by atoms with Gasteiger partial charge < -0.3 is 9.47 Å². The van der Waals surface area contributed by atoms with Gasteiger partial charge in [0.2, 0.25) is 0 Å². The molecule has 2 aromatic rings. The summed E-state index contributed by atoms with van der Waals surface area (Å²) in [5.41, 5.74) is 3.01. The number of esters is 1. The molecule has 94 valence electrons. The topological polar surface area (TPSA) is 35.5 Å². The maximum absolute atomic E-state index is 11.7.